The molecule has 0 atom stereocenters. The van der Waals surface area contributed by atoms with Gasteiger partial charge in [0, 0.05) is 13.1 Å². The van der Waals surface area contributed by atoms with E-state index >= 15 is 0 Å². The normalized spacial score (nSPS) is 15.2. The fourth-order valence-corrected chi connectivity index (χ4v) is 2.00. The quantitative estimate of drug-likeness (QED) is 0.712. The molecule has 1 aliphatic heterocycles. The van der Waals surface area contributed by atoms with E-state index in [-0.39, 0.29) is 5.97 Å². The minimum atomic E-state index is -0.321. The molecule has 2 heterocycles. The first-order chi connectivity index (χ1) is 7.72. The molecular formula is C12H16N2O2. The first kappa shape index (κ1) is 10.9. The summed E-state index contributed by atoms with van der Waals surface area (Å²) in [5.41, 5.74) is 1.28. The van der Waals surface area contributed by atoms with E-state index in [0.717, 1.165) is 24.6 Å². The summed E-state index contributed by atoms with van der Waals surface area (Å²) in [4.78, 5) is 18.1. The van der Waals surface area contributed by atoms with Gasteiger partial charge in [-0.15, -0.1) is 0 Å². The highest BCUT2D eigenvalue weighted by Gasteiger charge is 2.16. The maximum atomic E-state index is 11.4. The smallest absolute Gasteiger partial charge is 0.339 e. The average molecular weight is 220 g/mol. The van der Waals surface area contributed by atoms with E-state index < -0.39 is 0 Å². The van der Waals surface area contributed by atoms with Crippen LogP contribution in [0.5, 0.6) is 0 Å². The Hall–Kier alpha value is -1.58. The van der Waals surface area contributed by atoms with E-state index in [4.69, 9.17) is 0 Å². The maximum Gasteiger partial charge on any atom is 0.339 e. The molecule has 0 saturated carbocycles. The molecule has 1 saturated heterocycles. The summed E-state index contributed by atoms with van der Waals surface area (Å²) in [7, 11) is 1.39. The van der Waals surface area contributed by atoms with Crippen LogP contribution in [0.25, 0.3) is 0 Å². The monoisotopic (exact) mass is 220 g/mol. The van der Waals surface area contributed by atoms with Crippen LogP contribution in [0.15, 0.2) is 12.1 Å². The fraction of sp³-hybridized carbons (Fsp3) is 0.500. The van der Waals surface area contributed by atoms with E-state index in [1.54, 1.807) is 6.07 Å². The number of aromatic nitrogens is 1. The molecule has 1 fully saturated rings. The number of ether oxygens (including phenoxy) is 1. The number of esters is 1. The number of hydrogen-bond donors (Lipinski definition) is 0. The van der Waals surface area contributed by atoms with Crippen LogP contribution in [-0.2, 0) is 4.74 Å². The molecule has 0 bridgehead atoms. The molecular weight excluding hydrogens is 204 g/mol. The molecule has 4 heteroatoms. The number of nitrogens with zero attached hydrogens (tertiary/aromatic N) is 2. The van der Waals surface area contributed by atoms with Crippen LogP contribution in [0.3, 0.4) is 0 Å². The van der Waals surface area contributed by atoms with Gasteiger partial charge >= 0.3 is 5.97 Å². The lowest BCUT2D eigenvalue weighted by atomic mass is 10.2. The van der Waals surface area contributed by atoms with E-state index in [9.17, 15) is 4.79 Å². The number of pyridine rings is 1. The second kappa shape index (κ2) is 4.51. The van der Waals surface area contributed by atoms with Gasteiger partial charge in [-0.05, 0) is 31.9 Å². The van der Waals surface area contributed by atoms with Gasteiger partial charge in [0.2, 0.25) is 0 Å². The van der Waals surface area contributed by atoms with Crippen LogP contribution in [0.4, 0.5) is 5.82 Å². The lowest BCUT2D eigenvalue weighted by Crippen LogP contribution is -2.19. The molecule has 0 unspecified atom stereocenters. The number of rotatable bonds is 2. The summed E-state index contributed by atoms with van der Waals surface area (Å²) < 4.78 is 4.69. The van der Waals surface area contributed by atoms with Crippen molar-refractivity contribution in [2.75, 3.05) is 25.1 Å². The number of carbonyl (C=O) groups is 1. The fourth-order valence-electron chi connectivity index (χ4n) is 2.00. The minimum Gasteiger partial charge on any atom is -0.465 e. The average Bonchev–Trinajstić information content (AvgIpc) is 2.81. The predicted molar refractivity (Wildman–Crippen MR) is 61.8 cm³/mol. The highest BCUT2D eigenvalue weighted by atomic mass is 16.5. The zero-order valence-corrected chi connectivity index (χ0v) is 9.69. The highest BCUT2D eigenvalue weighted by molar-refractivity contribution is 5.90. The lowest BCUT2D eigenvalue weighted by Gasteiger charge is -2.17. The van der Waals surface area contributed by atoms with Crippen LogP contribution >= 0.6 is 0 Å². The summed E-state index contributed by atoms with van der Waals surface area (Å²) in [5.74, 6) is 0.639. The molecule has 0 N–H and O–H groups in total. The molecule has 0 radical (unpaired) electrons. The van der Waals surface area contributed by atoms with Crippen LogP contribution in [0.1, 0.15) is 28.9 Å². The Morgan fingerprint density at radius 3 is 2.62 bits per heavy atom. The van der Waals surface area contributed by atoms with Gasteiger partial charge in [-0.25, -0.2) is 9.78 Å². The number of hydrogen-bond acceptors (Lipinski definition) is 4. The van der Waals surface area contributed by atoms with E-state index in [0.29, 0.717) is 5.56 Å². The van der Waals surface area contributed by atoms with Crippen molar-refractivity contribution in [1.82, 2.24) is 4.98 Å². The standard InChI is InChI=1S/C12H16N2O2/c1-9-10(12(15)16-2)5-6-11(13-9)14-7-3-4-8-14/h5-6H,3-4,7-8H2,1-2H3. The van der Waals surface area contributed by atoms with Gasteiger partial charge in [-0.2, -0.15) is 0 Å². The van der Waals surface area contributed by atoms with Crippen molar-refractivity contribution in [3.8, 4) is 0 Å². The van der Waals surface area contributed by atoms with Crippen LogP contribution in [0, 0.1) is 6.92 Å². The van der Waals surface area contributed by atoms with Crippen LogP contribution in [-0.4, -0.2) is 31.2 Å². The largest absolute Gasteiger partial charge is 0.465 e. The van der Waals surface area contributed by atoms with Crippen molar-refractivity contribution in [2.24, 2.45) is 0 Å². The number of methoxy groups -OCH3 is 1. The molecule has 1 aromatic rings. The van der Waals surface area contributed by atoms with E-state index in [1.807, 2.05) is 13.0 Å². The van der Waals surface area contributed by atoms with Gasteiger partial charge in [0.05, 0.1) is 18.4 Å². The maximum absolute atomic E-state index is 11.4. The third-order valence-electron chi connectivity index (χ3n) is 2.91. The van der Waals surface area contributed by atoms with Crippen molar-refractivity contribution in [1.29, 1.82) is 0 Å². The summed E-state index contributed by atoms with van der Waals surface area (Å²) in [6.07, 6.45) is 2.44. The zero-order valence-electron chi connectivity index (χ0n) is 9.69. The molecule has 1 aromatic heterocycles. The molecule has 4 nitrogen and oxygen atoms in total. The number of aryl methyl sites for hydroxylation is 1. The third-order valence-corrected chi connectivity index (χ3v) is 2.91. The number of carbonyl (C=O) groups excluding carboxylic acids is 1. The van der Waals surface area contributed by atoms with Crippen LogP contribution < -0.4 is 4.90 Å². The molecule has 0 aliphatic carbocycles. The van der Waals surface area contributed by atoms with Gasteiger partial charge in [-0.3, -0.25) is 0 Å². The first-order valence-electron chi connectivity index (χ1n) is 5.53. The third kappa shape index (κ3) is 2.01. The lowest BCUT2D eigenvalue weighted by molar-refractivity contribution is 0.0599. The van der Waals surface area contributed by atoms with Gasteiger partial charge in [0.25, 0.3) is 0 Å². The van der Waals surface area contributed by atoms with Crippen molar-refractivity contribution >= 4 is 11.8 Å². The molecule has 1 aliphatic rings. The topological polar surface area (TPSA) is 42.4 Å². The molecule has 0 spiro atoms. The van der Waals surface area contributed by atoms with Crippen LogP contribution in [0.2, 0.25) is 0 Å². The van der Waals surface area contributed by atoms with E-state index in [2.05, 4.69) is 14.6 Å². The summed E-state index contributed by atoms with van der Waals surface area (Å²) in [6, 6.07) is 3.69. The van der Waals surface area contributed by atoms with Crippen molar-refractivity contribution in [3.63, 3.8) is 0 Å². The van der Waals surface area contributed by atoms with Gasteiger partial charge in [-0.1, -0.05) is 0 Å². The summed E-state index contributed by atoms with van der Waals surface area (Å²) >= 11 is 0. The second-order valence-corrected chi connectivity index (χ2v) is 3.99. The highest BCUT2D eigenvalue weighted by Crippen LogP contribution is 2.19. The summed E-state index contributed by atoms with van der Waals surface area (Å²) in [6.45, 7) is 3.96. The van der Waals surface area contributed by atoms with Gasteiger partial charge in [0.1, 0.15) is 5.82 Å². The van der Waals surface area contributed by atoms with Gasteiger partial charge < -0.3 is 9.64 Å². The Morgan fingerprint density at radius 2 is 2.06 bits per heavy atom. The molecule has 0 aromatic carbocycles. The van der Waals surface area contributed by atoms with Crippen molar-refractivity contribution < 1.29 is 9.53 Å². The summed E-state index contributed by atoms with van der Waals surface area (Å²) in [5, 5.41) is 0. The van der Waals surface area contributed by atoms with Gasteiger partial charge in [0.15, 0.2) is 0 Å². The second-order valence-electron chi connectivity index (χ2n) is 3.99. The molecule has 0 amide bonds. The number of anilines is 1. The Kier molecular flexibility index (Phi) is 3.08. The Morgan fingerprint density at radius 1 is 1.38 bits per heavy atom. The Labute approximate surface area is 95.2 Å². The SMILES string of the molecule is COC(=O)c1ccc(N2CCCC2)nc1C. The Balaban J connectivity index is 2.25. The Bertz CT molecular complexity index is 398. The molecule has 16 heavy (non-hydrogen) atoms. The minimum absolute atomic E-state index is 0.321. The van der Waals surface area contributed by atoms with Crippen molar-refractivity contribution in [3.05, 3.63) is 23.4 Å². The van der Waals surface area contributed by atoms with E-state index in [1.165, 1.54) is 20.0 Å². The predicted octanol–water partition coefficient (Wildman–Crippen LogP) is 1.78. The zero-order chi connectivity index (χ0) is 11.5. The molecule has 86 valence electrons. The van der Waals surface area contributed by atoms with Crippen molar-refractivity contribution in [2.45, 2.75) is 19.8 Å². The first-order valence-corrected chi connectivity index (χ1v) is 5.53. The molecule has 2 rings (SSSR count).